The van der Waals surface area contributed by atoms with Crippen molar-refractivity contribution in [1.82, 2.24) is 0 Å². The second-order valence-electron chi connectivity index (χ2n) is 5.64. The van der Waals surface area contributed by atoms with Gasteiger partial charge < -0.3 is 25.5 Å². The van der Waals surface area contributed by atoms with Crippen LogP contribution in [0.2, 0.25) is 0 Å². The molecule has 3 rings (SSSR count). The van der Waals surface area contributed by atoms with Crippen molar-refractivity contribution in [2.45, 2.75) is 31.3 Å². The van der Waals surface area contributed by atoms with Crippen LogP contribution < -0.4 is 0 Å². The van der Waals surface area contributed by atoms with E-state index in [2.05, 4.69) is 0 Å². The van der Waals surface area contributed by atoms with E-state index in [0.29, 0.717) is 5.56 Å². The molecule has 0 heterocycles. The monoisotopic (exact) mass is 292 g/mol. The highest BCUT2D eigenvalue weighted by Crippen LogP contribution is 2.46. The maximum Gasteiger partial charge on any atom is 0.189 e. The molecule has 5 atom stereocenters. The fourth-order valence-electron chi connectivity index (χ4n) is 3.19. The molecule has 0 radical (unpaired) electrons. The van der Waals surface area contributed by atoms with Crippen molar-refractivity contribution in [2.24, 2.45) is 5.92 Å². The lowest BCUT2D eigenvalue weighted by atomic mass is 9.69. The summed E-state index contributed by atoms with van der Waals surface area (Å²) in [5.74, 6) is -1.76. The number of aliphatic hydroxyl groups is 4. The summed E-state index contributed by atoms with van der Waals surface area (Å²) in [7, 11) is 0. The summed E-state index contributed by atoms with van der Waals surface area (Å²) in [5, 5.41) is 49.9. The van der Waals surface area contributed by atoms with E-state index in [4.69, 9.17) is 0 Å². The first kappa shape index (κ1) is 14.2. The molecule has 0 saturated carbocycles. The molecule has 0 saturated heterocycles. The molecule has 21 heavy (non-hydrogen) atoms. The van der Waals surface area contributed by atoms with Crippen LogP contribution in [-0.2, 0) is 0 Å². The molecule has 0 aliphatic heterocycles. The number of aryl methyl sites for hydroxylation is 1. The number of benzene rings is 1. The molecule has 0 spiro atoms. The molecule has 0 aromatic heterocycles. The normalized spacial score (nSPS) is 35.0. The van der Waals surface area contributed by atoms with Crippen LogP contribution in [0.25, 0.3) is 0 Å². The van der Waals surface area contributed by atoms with Crippen LogP contribution in [-0.4, -0.2) is 49.6 Å². The van der Waals surface area contributed by atoms with Crippen LogP contribution in [0, 0.1) is 12.8 Å². The van der Waals surface area contributed by atoms with Crippen LogP contribution in [0.3, 0.4) is 0 Å². The molecule has 0 fully saturated rings. The van der Waals surface area contributed by atoms with Crippen LogP contribution in [0.4, 0.5) is 0 Å². The van der Waals surface area contributed by atoms with E-state index in [1.165, 1.54) is 6.07 Å². The van der Waals surface area contributed by atoms with E-state index in [1.54, 1.807) is 13.0 Å². The first-order valence-corrected chi connectivity index (χ1v) is 6.65. The zero-order valence-corrected chi connectivity index (χ0v) is 11.3. The third kappa shape index (κ3) is 1.91. The lowest BCUT2D eigenvalue weighted by molar-refractivity contribution is -0.0924. The number of hydrogen-bond acceptors (Lipinski definition) is 6. The van der Waals surface area contributed by atoms with E-state index in [9.17, 15) is 30.3 Å². The van der Waals surface area contributed by atoms with Crippen LogP contribution in [0.15, 0.2) is 23.8 Å². The largest absolute Gasteiger partial charge is 0.508 e. The summed E-state index contributed by atoms with van der Waals surface area (Å²) in [6.07, 6.45) is -4.53. The third-order valence-corrected chi connectivity index (χ3v) is 4.22. The zero-order chi connectivity index (χ0) is 15.5. The minimum atomic E-state index is -1.49. The highest BCUT2D eigenvalue weighted by molar-refractivity contribution is 6.12. The van der Waals surface area contributed by atoms with Crippen molar-refractivity contribution in [2.75, 3.05) is 0 Å². The predicted molar refractivity (Wildman–Crippen MR) is 71.7 cm³/mol. The topological polar surface area (TPSA) is 118 Å². The Morgan fingerprint density at radius 2 is 1.71 bits per heavy atom. The van der Waals surface area contributed by atoms with Gasteiger partial charge in [0, 0.05) is 22.6 Å². The predicted octanol–water partition coefficient (Wildman–Crippen LogP) is -0.431. The van der Waals surface area contributed by atoms with Gasteiger partial charge in [0.25, 0.3) is 0 Å². The van der Waals surface area contributed by atoms with Crippen LogP contribution >= 0.6 is 0 Å². The second-order valence-corrected chi connectivity index (χ2v) is 5.64. The number of aromatic hydroxyl groups is 1. The van der Waals surface area contributed by atoms with Gasteiger partial charge in [-0.3, -0.25) is 4.79 Å². The fourth-order valence-corrected chi connectivity index (χ4v) is 3.19. The van der Waals surface area contributed by atoms with E-state index in [1.807, 2.05) is 0 Å². The van der Waals surface area contributed by atoms with Gasteiger partial charge in [-0.2, -0.15) is 0 Å². The second kappa shape index (κ2) is 4.64. The number of carbonyl (C=O) groups is 1. The van der Waals surface area contributed by atoms with Gasteiger partial charge >= 0.3 is 0 Å². The van der Waals surface area contributed by atoms with Gasteiger partial charge in [0.1, 0.15) is 18.0 Å². The van der Waals surface area contributed by atoms with E-state index < -0.39 is 36.1 Å². The summed E-state index contributed by atoms with van der Waals surface area (Å²) in [4.78, 5) is 12.5. The number of hydrogen-bond donors (Lipinski definition) is 5. The van der Waals surface area contributed by atoms with Crippen molar-refractivity contribution >= 4 is 5.78 Å². The Balaban J connectivity index is 2.23. The first-order chi connectivity index (χ1) is 9.82. The Labute approximate surface area is 120 Å². The van der Waals surface area contributed by atoms with Gasteiger partial charge in [0.05, 0.1) is 12.2 Å². The number of Topliss-reactive ketones (excluding diaryl/α,β-unsaturated/α-hetero) is 1. The van der Waals surface area contributed by atoms with Crippen molar-refractivity contribution in [3.63, 3.8) is 0 Å². The molecule has 2 aliphatic rings. The molecule has 6 heteroatoms. The van der Waals surface area contributed by atoms with E-state index >= 15 is 0 Å². The number of phenols is 1. The average Bonchev–Trinajstić information content (AvgIpc) is 2.41. The minimum absolute atomic E-state index is 0.0513. The number of rotatable bonds is 0. The van der Waals surface area contributed by atoms with Gasteiger partial charge in [-0.25, -0.2) is 0 Å². The zero-order valence-electron chi connectivity index (χ0n) is 11.3. The standard InChI is InChI=1S/C15H16O6/c1-5-2-6-10(8(16)3-5)14(20)11-7(12(6)18)4-9(17)13(19)15(11)21/h2-4,9,11,13-17,19-21H,1H3. The van der Waals surface area contributed by atoms with Crippen molar-refractivity contribution in [3.8, 4) is 5.75 Å². The van der Waals surface area contributed by atoms with E-state index in [0.717, 1.165) is 6.08 Å². The van der Waals surface area contributed by atoms with Gasteiger partial charge in [0.2, 0.25) is 0 Å². The highest BCUT2D eigenvalue weighted by Gasteiger charge is 2.48. The van der Waals surface area contributed by atoms with Crippen LogP contribution in [0.5, 0.6) is 5.75 Å². The molecule has 112 valence electrons. The fraction of sp³-hybridized carbons (Fsp3) is 0.400. The Bertz CT molecular complexity index is 650. The molecule has 0 amide bonds. The number of fused-ring (bicyclic) bond motifs is 2. The van der Waals surface area contributed by atoms with Gasteiger partial charge in [-0.1, -0.05) is 0 Å². The van der Waals surface area contributed by atoms with Crippen molar-refractivity contribution in [1.29, 1.82) is 0 Å². The average molecular weight is 292 g/mol. The SMILES string of the molecule is Cc1cc(O)c2c(c1)C(=O)C1=CC(O)C(O)C(O)C1C2O. The van der Waals surface area contributed by atoms with Crippen molar-refractivity contribution < 1.29 is 30.3 Å². The molecular weight excluding hydrogens is 276 g/mol. The van der Waals surface area contributed by atoms with E-state index in [-0.39, 0.29) is 22.4 Å². The highest BCUT2D eigenvalue weighted by atomic mass is 16.4. The number of aliphatic hydroxyl groups excluding tert-OH is 4. The van der Waals surface area contributed by atoms with Gasteiger partial charge in [-0.05, 0) is 30.7 Å². The molecule has 2 aliphatic carbocycles. The molecule has 5 unspecified atom stereocenters. The number of carbonyl (C=O) groups excluding carboxylic acids is 1. The lowest BCUT2D eigenvalue weighted by Crippen LogP contribution is -2.50. The summed E-state index contributed by atoms with van der Waals surface area (Å²) in [5.41, 5.74) is 0.918. The quantitative estimate of drug-likeness (QED) is 0.443. The van der Waals surface area contributed by atoms with Crippen LogP contribution in [0.1, 0.15) is 27.6 Å². The summed E-state index contributed by atoms with van der Waals surface area (Å²) in [6.45, 7) is 1.70. The Morgan fingerprint density at radius 3 is 2.38 bits per heavy atom. The lowest BCUT2D eigenvalue weighted by Gasteiger charge is -2.40. The Morgan fingerprint density at radius 1 is 1.05 bits per heavy atom. The minimum Gasteiger partial charge on any atom is -0.508 e. The maximum atomic E-state index is 12.5. The smallest absolute Gasteiger partial charge is 0.189 e. The maximum absolute atomic E-state index is 12.5. The Hall–Kier alpha value is -1.73. The summed E-state index contributed by atoms with van der Waals surface area (Å²) in [6, 6.07) is 2.96. The Kier molecular flexibility index (Phi) is 3.14. The number of ketones is 1. The molecular formula is C15H16O6. The summed E-state index contributed by atoms with van der Waals surface area (Å²) < 4.78 is 0. The summed E-state index contributed by atoms with van der Waals surface area (Å²) >= 11 is 0. The molecule has 5 N–H and O–H groups in total. The molecule has 1 aromatic carbocycles. The molecule has 1 aromatic rings. The third-order valence-electron chi connectivity index (χ3n) is 4.22. The molecule has 0 bridgehead atoms. The van der Waals surface area contributed by atoms with Crippen molar-refractivity contribution in [3.05, 3.63) is 40.5 Å². The molecule has 6 nitrogen and oxygen atoms in total. The number of phenolic OH excluding ortho intramolecular Hbond substituents is 1. The van der Waals surface area contributed by atoms with Gasteiger partial charge in [-0.15, -0.1) is 0 Å². The first-order valence-electron chi connectivity index (χ1n) is 6.65. The van der Waals surface area contributed by atoms with Gasteiger partial charge in [0.15, 0.2) is 5.78 Å².